The second kappa shape index (κ2) is 4.02. The van der Waals surface area contributed by atoms with Crippen LogP contribution >= 0.6 is 0 Å². The Hall–Kier alpha value is -1.96. The van der Waals surface area contributed by atoms with E-state index in [9.17, 15) is 0 Å². The molecule has 4 N–H and O–H groups in total. The van der Waals surface area contributed by atoms with Gasteiger partial charge in [0.1, 0.15) is 0 Å². The van der Waals surface area contributed by atoms with Crippen molar-refractivity contribution in [3.63, 3.8) is 0 Å². The molecule has 0 saturated heterocycles. The lowest BCUT2D eigenvalue weighted by Crippen LogP contribution is -2.36. The van der Waals surface area contributed by atoms with Crippen LogP contribution in [0.2, 0.25) is 0 Å². The molecule has 1 aliphatic rings. The molecule has 3 rings (SSSR count). The molecule has 2 aromatic rings. The van der Waals surface area contributed by atoms with Crippen LogP contribution < -0.4 is 11.5 Å². The van der Waals surface area contributed by atoms with Gasteiger partial charge >= 0.3 is 0 Å². The first-order valence-electron chi connectivity index (χ1n) is 7.09. The van der Waals surface area contributed by atoms with Gasteiger partial charge in [-0.15, -0.1) is 0 Å². The van der Waals surface area contributed by atoms with Crippen LogP contribution in [0, 0.1) is 5.41 Å². The molecular formula is C18H22N2. The van der Waals surface area contributed by atoms with Crippen molar-refractivity contribution in [1.29, 1.82) is 0 Å². The summed E-state index contributed by atoms with van der Waals surface area (Å²) >= 11 is 0. The van der Waals surface area contributed by atoms with Crippen LogP contribution in [0.5, 0.6) is 0 Å². The van der Waals surface area contributed by atoms with Crippen molar-refractivity contribution in [2.45, 2.75) is 32.6 Å². The Morgan fingerprint density at radius 2 is 1.45 bits per heavy atom. The van der Waals surface area contributed by atoms with Crippen molar-refractivity contribution >= 4 is 11.4 Å². The van der Waals surface area contributed by atoms with E-state index in [0.29, 0.717) is 0 Å². The van der Waals surface area contributed by atoms with Gasteiger partial charge in [0.2, 0.25) is 0 Å². The van der Waals surface area contributed by atoms with Gasteiger partial charge in [-0.25, -0.2) is 0 Å². The van der Waals surface area contributed by atoms with Crippen molar-refractivity contribution in [3.8, 4) is 0 Å². The zero-order valence-electron chi connectivity index (χ0n) is 12.4. The number of hydrogen-bond acceptors (Lipinski definition) is 2. The molecule has 104 valence electrons. The summed E-state index contributed by atoms with van der Waals surface area (Å²) in [6.07, 6.45) is 1.07. The topological polar surface area (TPSA) is 52.0 Å². The molecule has 0 bridgehead atoms. The highest BCUT2D eigenvalue weighted by Crippen LogP contribution is 2.55. The number of nitrogen functional groups attached to an aromatic ring is 2. The van der Waals surface area contributed by atoms with Crippen LogP contribution in [-0.2, 0) is 11.8 Å². The monoisotopic (exact) mass is 266 g/mol. The molecule has 2 heteroatoms. The van der Waals surface area contributed by atoms with Gasteiger partial charge in [0.15, 0.2) is 0 Å². The van der Waals surface area contributed by atoms with Crippen LogP contribution in [0.25, 0.3) is 0 Å². The minimum atomic E-state index is -0.0363. The average molecular weight is 266 g/mol. The number of rotatable bonds is 1. The zero-order valence-corrected chi connectivity index (χ0v) is 12.4. The highest BCUT2D eigenvalue weighted by molar-refractivity contribution is 5.57. The summed E-state index contributed by atoms with van der Waals surface area (Å²) in [7, 11) is 0. The predicted octanol–water partition coefficient (Wildman–Crippen LogP) is 3.74. The van der Waals surface area contributed by atoms with E-state index in [4.69, 9.17) is 11.5 Å². The van der Waals surface area contributed by atoms with Crippen molar-refractivity contribution in [3.05, 3.63) is 59.2 Å². The van der Waals surface area contributed by atoms with Crippen molar-refractivity contribution in [2.24, 2.45) is 5.41 Å². The Morgan fingerprint density at radius 3 is 2.10 bits per heavy atom. The molecule has 1 aliphatic carbocycles. The number of benzene rings is 2. The molecule has 0 aliphatic heterocycles. The lowest BCUT2D eigenvalue weighted by atomic mass is 9.63. The van der Waals surface area contributed by atoms with Crippen molar-refractivity contribution in [1.82, 2.24) is 0 Å². The second-order valence-electron chi connectivity index (χ2n) is 6.72. The van der Waals surface area contributed by atoms with Gasteiger partial charge in [0.05, 0.1) is 0 Å². The van der Waals surface area contributed by atoms with Crippen molar-refractivity contribution in [2.75, 3.05) is 11.5 Å². The maximum absolute atomic E-state index is 6.02. The fraction of sp³-hybridized carbons (Fsp3) is 0.333. The molecule has 2 aromatic carbocycles. The standard InChI is InChI=1S/C18H22N2/c1-17(2)11-12-4-7-15(20)10-16(12)18(17,3)13-5-8-14(19)9-6-13/h4-10H,11,19-20H2,1-3H3. The maximum atomic E-state index is 6.02. The van der Waals surface area contributed by atoms with Gasteiger partial charge in [-0.2, -0.15) is 0 Å². The Labute approximate surface area is 120 Å². The lowest BCUT2D eigenvalue weighted by Gasteiger charge is -2.40. The van der Waals surface area contributed by atoms with Crippen LogP contribution in [0.4, 0.5) is 11.4 Å². The second-order valence-corrected chi connectivity index (χ2v) is 6.72. The van der Waals surface area contributed by atoms with E-state index in [2.05, 4.69) is 45.0 Å². The van der Waals surface area contributed by atoms with Crippen LogP contribution in [0.1, 0.15) is 37.5 Å². The molecule has 2 nitrogen and oxygen atoms in total. The Morgan fingerprint density at radius 1 is 0.850 bits per heavy atom. The first kappa shape index (κ1) is 13.0. The summed E-state index contributed by atoms with van der Waals surface area (Å²) in [5.41, 5.74) is 17.7. The molecule has 0 aromatic heterocycles. The fourth-order valence-electron chi connectivity index (χ4n) is 3.59. The molecule has 0 spiro atoms. The molecule has 0 radical (unpaired) electrons. The number of fused-ring (bicyclic) bond motifs is 1. The van der Waals surface area contributed by atoms with Gasteiger partial charge in [-0.3, -0.25) is 0 Å². The largest absolute Gasteiger partial charge is 0.399 e. The summed E-state index contributed by atoms with van der Waals surface area (Å²) in [5, 5.41) is 0. The summed E-state index contributed by atoms with van der Waals surface area (Å²) in [6.45, 7) is 6.99. The third-order valence-electron chi connectivity index (χ3n) is 5.15. The van der Waals surface area contributed by atoms with E-state index in [1.54, 1.807) is 0 Å². The highest BCUT2D eigenvalue weighted by Gasteiger charge is 2.49. The maximum Gasteiger partial charge on any atom is 0.0317 e. The zero-order chi connectivity index (χ0) is 14.5. The minimum Gasteiger partial charge on any atom is -0.399 e. The lowest BCUT2D eigenvalue weighted by molar-refractivity contribution is 0.247. The first-order chi connectivity index (χ1) is 9.34. The molecule has 1 atom stereocenters. The highest BCUT2D eigenvalue weighted by atomic mass is 14.6. The summed E-state index contributed by atoms with van der Waals surface area (Å²) in [4.78, 5) is 0. The number of nitrogens with two attached hydrogens (primary N) is 2. The first-order valence-corrected chi connectivity index (χ1v) is 7.09. The molecule has 0 amide bonds. The molecule has 1 unspecified atom stereocenters. The van der Waals surface area contributed by atoms with E-state index < -0.39 is 0 Å². The third-order valence-corrected chi connectivity index (χ3v) is 5.15. The van der Waals surface area contributed by atoms with E-state index in [1.165, 1.54) is 16.7 Å². The van der Waals surface area contributed by atoms with Crippen LogP contribution in [-0.4, -0.2) is 0 Å². The molecule has 20 heavy (non-hydrogen) atoms. The predicted molar refractivity (Wildman–Crippen MR) is 85.6 cm³/mol. The third kappa shape index (κ3) is 1.64. The van der Waals surface area contributed by atoms with E-state index in [0.717, 1.165) is 17.8 Å². The van der Waals surface area contributed by atoms with Gasteiger partial charge in [0.25, 0.3) is 0 Å². The van der Waals surface area contributed by atoms with E-state index in [1.807, 2.05) is 18.2 Å². The molecule has 0 saturated carbocycles. The number of hydrogen-bond donors (Lipinski definition) is 2. The van der Waals surface area contributed by atoms with Gasteiger partial charge in [-0.1, -0.05) is 39.0 Å². The van der Waals surface area contributed by atoms with E-state index in [-0.39, 0.29) is 10.8 Å². The Bertz CT molecular complexity index is 656. The molecule has 0 heterocycles. The minimum absolute atomic E-state index is 0.0363. The van der Waals surface area contributed by atoms with E-state index >= 15 is 0 Å². The Balaban J connectivity index is 2.25. The van der Waals surface area contributed by atoms with Gasteiger partial charge < -0.3 is 11.5 Å². The summed E-state index contributed by atoms with van der Waals surface area (Å²) in [5.74, 6) is 0. The molecule has 0 fully saturated rings. The summed E-state index contributed by atoms with van der Waals surface area (Å²) in [6, 6.07) is 14.6. The quantitative estimate of drug-likeness (QED) is 0.773. The van der Waals surface area contributed by atoms with Gasteiger partial charge in [0, 0.05) is 16.8 Å². The summed E-state index contributed by atoms with van der Waals surface area (Å²) < 4.78 is 0. The fourth-order valence-corrected chi connectivity index (χ4v) is 3.59. The average Bonchev–Trinajstić information content (AvgIpc) is 2.59. The van der Waals surface area contributed by atoms with Crippen LogP contribution in [0.15, 0.2) is 42.5 Å². The molecular weight excluding hydrogens is 244 g/mol. The normalized spacial score (nSPS) is 23.6. The van der Waals surface area contributed by atoms with Crippen molar-refractivity contribution < 1.29 is 0 Å². The van der Waals surface area contributed by atoms with Crippen LogP contribution in [0.3, 0.4) is 0 Å². The van der Waals surface area contributed by atoms with Gasteiger partial charge in [-0.05, 0) is 52.8 Å². The Kier molecular flexibility index (Phi) is 2.62. The number of anilines is 2. The SMILES string of the molecule is CC1(C)Cc2ccc(N)cc2C1(C)c1ccc(N)cc1. The smallest absolute Gasteiger partial charge is 0.0317 e.